The minimum absolute atomic E-state index is 0.644. The molecule has 1 aromatic rings. The van der Waals surface area contributed by atoms with Crippen molar-refractivity contribution in [3.63, 3.8) is 0 Å². The van der Waals surface area contributed by atoms with E-state index in [1.165, 1.54) is 42.4 Å². The Labute approximate surface area is 130 Å². The molecule has 0 saturated carbocycles. The van der Waals surface area contributed by atoms with Crippen molar-refractivity contribution in [2.24, 2.45) is 5.92 Å². The topological polar surface area (TPSA) is 13.1 Å². The van der Waals surface area contributed by atoms with Gasteiger partial charge in [0.25, 0.3) is 0 Å². The molecule has 1 aromatic heterocycles. The van der Waals surface area contributed by atoms with Gasteiger partial charge in [-0.05, 0) is 82.3 Å². The second kappa shape index (κ2) is 7.68. The van der Waals surface area contributed by atoms with Crippen LogP contribution >= 0.6 is 0 Å². The van der Waals surface area contributed by atoms with Crippen molar-refractivity contribution in [2.45, 2.75) is 72.1 Å². The minimum Gasteiger partial charge on any atom is -0.472 e. The first kappa shape index (κ1) is 16.1. The highest BCUT2D eigenvalue weighted by Crippen LogP contribution is 2.37. The zero-order chi connectivity index (χ0) is 15.2. The summed E-state index contributed by atoms with van der Waals surface area (Å²) in [5.74, 6) is 1.36. The van der Waals surface area contributed by atoms with Crippen LogP contribution in [-0.2, 0) is 6.42 Å². The molecule has 0 bridgehead atoms. The lowest BCUT2D eigenvalue weighted by Gasteiger charge is -2.24. The molecule has 2 unspecified atom stereocenters. The molecule has 1 heteroatoms. The first-order valence-electron chi connectivity index (χ1n) is 8.42. The third kappa shape index (κ3) is 4.62. The minimum atomic E-state index is 0.644. The van der Waals surface area contributed by atoms with Gasteiger partial charge in [-0.25, -0.2) is 0 Å². The van der Waals surface area contributed by atoms with Gasteiger partial charge in [-0.1, -0.05) is 30.2 Å². The van der Waals surface area contributed by atoms with Crippen molar-refractivity contribution in [1.29, 1.82) is 0 Å². The van der Waals surface area contributed by atoms with E-state index in [1.54, 1.807) is 5.57 Å². The summed E-state index contributed by atoms with van der Waals surface area (Å²) in [7, 11) is 0. The van der Waals surface area contributed by atoms with Crippen LogP contribution in [-0.4, -0.2) is 0 Å². The van der Waals surface area contributed by atoms with E-state index in [0.717, 1.165) is 12.8 Å². The number of hydrogen-bond donors (Lipinski definition) is 0. The van der Waals surface area contributed by atoms with Crippen LogP contribution in [0, 0.1) is 5.92 Å². The van der Waals surface area contributed by atoms with Gasteiger partial charge in [0, 0.05) is 0 Å². The second-order valence-corrected chi connectivity index (χ2v) is 6.92. The van der Waals surface area contributed by atoms with E-state index in [2.05, 4.69) is 39.8 Å². The third-order valence-corrected chi connectivity index (χ3v) is 4.79. The number of rotatable bonds is 4. The highest BCUT2D eigenvalue weighted by Gasteiger charge is 2.23. The molecule has 1 aliphatic carbocycles. The van der Waals surface area contributed by atoms with Gasteiger partial charge in [0.2, 0.25) is 0 Å². The lowest BCUT2D eigenvalue weighted by atomic mass is 9.80. The van der Waals surface area contributed by atoms with Crippen LogP contribution in [0.1, 0.15) is 76.8 Å². The van der Waals surface area contributed by atoms with Crippen LogP contribution in [0.5, 0.6) is 0 Å². The van der Waals surface area contributed by atoms with Crippen molar-refractivity contribution in [3.8, 4) is 0 Å². The Morgan fingerprint density at radius 2 is 2.14 bits per heavy atom. The number of fused-ring (bicyclic) bond motifs is 1. The molecule has 0 aliphatic heterocycles. The summed E-state index contributed by atoms with van der Waals surface area (Å²) in [5, 5.41) is 0. The highest BCUT2D eigenvalue weighted by atomic mass is 16.3. The fraction of sp³-hybridized carbons (Fsp3) is 0.600. The second-order valence-electron chi connectivity index (χ2n) is 6.92. The Hall–Kier alpha value is -1.24. The maximum absolute atomic E-state index is 5.54. The molecule has 116 valence electrons. The Bertz CT molecular complexity index is 500. The van der Waals surface area contributed by atoms with E-state index in [4.69, 9.17) is 4.42 Å². The monoisotopic (exact) mass is 286 g/mol. The lowest BCUT2D eigenvalue weighted by molar-refractivity contribution is 0.405. The van der Waals surface area contributed by atoms with E-state index >= 15 is 0 Å². The first-order chi connectivity index (χ1) is 10.1. The molecule has 0 aromatic carbocycles. The molecule has 0 saturated heterocycles. The summed E-state index contributed by atoms with van der Waals surface area (Å²) in [6.07, 6.45) is 16.0. The molecule has 0 amide bonds. The molecule has 0 spiro atoms. The van der Waals surface area contributed by atoms with E-state index in [1.807, 2.05) is 12.5 Å². The van der Waals surface area contributed by atoms with Crippen LogP contribution in [0.2, 0.25) is 0 Å². The first-order valence-corrected chi connectivity index (χ1v) is 8.42. The van der Waals surface area contributed by atoms with Gasteiger partial charge in [-0.3, -0.25) is 0 Å². The molecule has 0 fully saturated rings. The number of allylic oxidation sites excluding steroid dienone is 4. The smallest absolute Gasteiger partial charge is 0.0940 e. The van der Waals surface area contributed by atoms with Crippen LogP contribution in [0.3, 0.4) is 0 Å². The van der Waals surface area contributed by atoms with Gasteiger partial charge in [-0.2, -0.15) is 0 Å². The van der Waals surface area contributed by atoms with Gasteiger partial charge in [-0.15, -0.1) is 0 Å². The molecule has 1 heterocycles. The van der Waals surface area contributed by atoms with Crippen LogP contribution in [0.25, 0.3) is 0 Å². The van der Waals surface area contributed by atoms with Crippen LogP contribution in [0.15, 0.2) is 40.2 Å². The maximum atomic E-state index is 5.54. The van der Waals surface area contributed by atoms with E-state index in [0.29, 0.717) is 11.8 Å². The molecule has 1 nitrogen and oxygen atoms in total. The molecule has 2 rings (SSSR count). The number of furan rings is 1. The van der Waals surface area contributed by atoms with Crippen LogP contribution in [0.4, 0.5) is 0 Å². The average Bonchev–Trinajstić information content (AvgIpc) is 2.87. The zero-order valence-electron chi connectivity index (χ0n) is 14.1. The summed E-state index contributed by atoms with van der Waals surface area (Å²) in [4.78, 5) is 0. The van der Waals surface area contributed by atoms with Crippen LogP contribution < -0.4 is 0 Å². The summed E-state index contributed by atoms with van der Waals surface area (Å²) >= 11 is 0. The molecular weight excluding hydrogens is 256 g/mol. The van der Waals surface area contributed by atoms with Gasteiger partial charge in [0.05, 0.1) is 12.5 Å². The van der Waals surface area contributed by atoms with Crippen molar-refractivity contribution < 1.29 is 4.42 Å². The zero-order valence-corrected chi connectivity index (χ0v) is 14.1. The third-order valence-electron chi connectivity index (χ3n) is 4.79. The van der Waals surface area contributed by atoms with Crippen molar-refractivity contribution >= 4 is 0 Å². The van der Waals surface area contributed by atoms with Crippen molar-refractivity contribution in [1.82, 2.24) is 0 Å². The molecule has 1 aliphatic rings. The van der Waals surface area contributed by atoms with E-state index < -0.39 is 0 Å². The van der Waals surface area contributed by atoms with Gasteiger partial charge in [0.1, 0.15) is 0 Å². The van der Waals surface area contributed by atoms with Crippen molar-refractivity contribution in [2.75, 3.05) is 0 Å². The summed E-state index contributed by atoms with van der Waals surface area (Å²) < 4.78 is 5.54. The summed E-state index contributed by atoms with van der Waals surface area (Å²) in [5.41, 5.74) is 5.89. The fourth-order valence-corrected chi connectivity index (χ4v) is 3.40. The van der Waals surface area contributed by atoms with Gasteiger partial charge in [0.15, 0.2) is 0 Å². The van der Waals surface area contributed by atoms with E-state index in [-0.39, 0.29) is 0 Å². The predicted octanol–water partition coefficient (Wildman–Crippen LogP) is 6.42. The average molecular weight is 286 g/mol. The Morgan fingerprint density at radius 1 is 1.33 bits per heavy atom. The molecule has 0 radical (unpaired) electrons. The largest absolute Gasteiger partial charge is 0.472 e. The lowest BCUT2D eigenvalue weighted by Crippen LogP contribution is -2.11. The summed E-state index contributed by atoms with van der Waals surface area (Å²) in [6, 6.07) is 0. The fourth-order valence-electron chi connectivity index (χ4n) is 3.40. The molecular formula is C20H30O. The summed E-state index contributed by atoms with van der Waals surface area (Å²) in [6.45, 7) is 9.07. The SMILES string of the molecule is CC(C)=CCCC(C)C1CCC(C)=CCCc2cocc21. The Morgan fingerprint density at radius 3 is 2.90 bits per heavy atom. The standard InChI is InChI=1S/C20H30O/c1-15(2)7-5-9-17(4)19-12-11-16(3)8-6-10-18-13-21-14-20(18)19/h7-8,13-14,17,19H,5-6,9-12H2,1-4H3. The number of hydrogen-bond acceptors (Lipinski definition) is 1. The normalized spacial score (nSPS) is 20.6. The Kier molecular flexibility index (Phi) is 5.90. The molecule has 21 heavy (non-hydrogen) atoms. The van der Waals surface area contributed by atoms with Gasteiger partial charge >= 0.3 is 0 Å². The predicted molar refractivity (Wildman–Crippen MR) is 90.6 cm³/mol. The van der Waals surface area contributed by atoms with Crippen molar-refractivity contribution in [3.05, 3.63) is 47.0 Å². The molecule has 0 N–H and O–H groups in total. The quantitative estimate of drug-likeness (QED) is 0.582. The number of aryl methyl sites for hydroxylation is 1. The molecule has 2 atom stereocenters. The maximum Gasteiger partial charge on any atom is 0.0940 e. The van der Waals surface area contributed by atoms with E-state index in [9.17, 15) is 0 Å². The Balaban J connectivity index is 2.12. The highest BCUT2D eigenvalue weighted by molar-refractivity contribution is 5.27. The van der Waals surface area contributed by atoms with Gasteiger partial charge < -0.3 is 4.42 Å².